The van der Waals surface area contributed by atoms with Crippen molar-refractivity contribution in [1.82, 2.24) is 0 Å². The number of Topliss-reactive ketones (excluding diaryl/α,β-unsaturated/α-hetero) is 1. The van der Waals surface area contributed by atoms with Crippen molar-refractivity contribution in [2.24, 2.45) is 34.5 Å². The number of fused-ring (bicyclic) bond motifs is 5. The second-order valence-corrected chi connectivity index (χ2v) is 18.0. The maximum Gasteiger partial charge on any atom is 0.453 e. The highest BCUT2D eigenvalue weighted by Gasteiger charge is 2.63. The molecule has 1 N–H and O–H groups in total. The van der Waals surface area contributed by atoms with Crippen molar-refractivity contribution < 1.29 is 45.0 Å². The average molecular weight is 685 g/mol. The molecule has 0 saturated heterocycles. The van der Waals surface area contributed by atoms with E-state index >= 15 is 0 Å². The SMILES string of the molecule is C[C@]12CCC(=O)CC1CC[C@@H]1[C@H]2C(OCCCCCCCCCCCS(=O)(=O)CCCC(F)(F)C(F)(F)F)C[C@]2(C)C(O)CC[C@@H]12. The van der Waals surface area contributed by atoms with Gasteiger partial charge in [-0.3, -0.25) is 4.79 Å². The molecule has 4 rings (SSSR count). The van der Waals surface area contributed by atoms with Crippen molar-refractivity contribution in [2.75, 3.05) is 18.1 Å². The first-order chi connectivity index (χ1) is 21.5. The third-order valence-electron chi connectivity index (χ3n) is 12.6. The predicted octanol–water partition coefficient (Wildman–Crippen LogP) is 8.86. The summed E-state index contributed by atoms with van der Waals surface area (Å²) in [5, 5.41) is 11.0. The molecule has 4 fully saturated rings. The number of ketones is 1. The fraction of sp³-hybridized carbons (Fsp3) is 0.971. The van der Waals surface area contributed by atoms with E-state index in [-0.39, 0.29) is 28.8 Å². The van der Waals surface area contributed by atoms with Crippen molar-refractivity contribution >= 4 is 15.6 Å². The zero-order chi connectivity index (χ0) is 33.8. The molecule has 3 unspecified atom stereocenters. The van der Waals surface area contributed by atoms with Gasteiger partial charge in [-0.15, -0.1) is 0 Å². The van der Waals surface area contributed by atoms with E-state index in [2.05, 4.69) is 13.8 Å². The van der Waals surface area contributed by atoms with Crippen molar-refractivity contribution in [3.8, 4) is 0 Å². The van der Waals surface area contributed by atoms with E-state index in [9.17, 15) is 40.3 Å². The molecule has 4 saturated carbocycles. The van der Waals surface area contributed by atoms with Gasteiger partial charge in [-0.25, -0.2) is 8.42 Å². The van der Waals surface area contributed by atoms with Crippen molar-refractivity contribution in [2.45, 2.75) is 160 Å². The van der Waals surface area contributed by atoms with Crippen LogP contribution in [0.25, 0.3) is 0 Å². The maximum absolute atomic E-state index is 13.0. The Morgan fingerprint density at radius 1 is 0.826 bits per heavy atom. The van der Waals surface area contributed by atoms with Gasteiger partial charge < -0.3 is 9.84 Å². The standard InChI is InChI=1S/C35H57F5O5S/c1-32-19-17-26(41)23-25(32)13-14-27-28-15-16-30(42)33(28,2)24-29(31(27)32)45-20-10-8-6-4-3-5-7-9-11-21-46(43,44)22-12-18-34(36,37)35(38,39)40/h25,27-31,42H,3-24H2,1-2H3/t25?,27-,28-,29?,30?,31-,32-,33-/m0/s1. The third kappa shape index (κ3) is 8.85. The lowest BCUT2D eigenvalue weighted by Crippen LogP contribution is -2.60. The molecule has 4 aliphatic carbocycles. The summed E-state index contributed by atoms with van der Waals surface area (Å²) in [5.41, 5.74) is 0.0486. The van der Waals surface area contributed by atoms with Crippen LogP contribution in [-0.4, -0.2) is 61.7 Å². The van der Waals surface area contributed by atoms with Crippen molar-refractivity contribution in [3.05, 3.63) is 0 Å². The summed E-state index contributed by atoms with van der Waals surface area (Å²) in [6.07, 6.45) is 7.75. The highest BCUT2D eigenvalue weighted by Crippen LogP contribution is 2.66. The fourth-order valence-corrected chi connectivity index (χ4v) is 11.4. The molecule has 0 spiro atoms. The number of alkyl halides is 5. The van der Waals surface area contributed by atoms with Crippen LogP contribution in [0.15, 0.2) is 0 Å². The van der Waals surface area contributed by atoms with Gasteiger partial charge in [-0.1, -0.05) is 58.8 Å². The fourth-order valence-electron chi connectivity index (χ4n) is 9.92. The smallest absolute Gasteiger partial charge is 0.393 e. The lowest BCUT2D eigenvalue weighted by Gasteiger charge is -2.62. The molecule has 4 aliphatic rings. The largest absolute Gasteiger partial charge is 0.453 e. The molecule has 0 bridgehead atoms. The molecular weight excluding hydrogens is 627 g/mol. The Morgan fingerprint density at radius 2 is 1.43 bits per heavy atom. The number of sulfone groups is 1. The number of aliphatic hydroxyl groups is 1. The van der Waals surface area contributed by atoms with Crippen LogP contribution >= 0.6 is 0 Å². The Balaban J connectivity index is 1.10. The van der Waals surface area contributed by atoms with E-state index in [0.29, 0.717) is 61.7 Å². The summed E-state index contributed by atoms with van der Waals surface area (Å²) < 4.78 is 93.4. The number of ether oxygens (including phenoxy) is 1. The van der Waals surface area contributed by atoms with Gasteiger partial charge in [0.1, 0.15) is 15.6 Å². The average Bonchev–Trinajstić information content (AvgIpc) is 3.26. The minimum absolute atomic E-state index is 0.0852. The lowest BCUT2D eigenvalue weighted by molar-refractivity contribution is -0.284. The topological polar surface area (TPSA) is 80.7 Å². The summed E-state index contributed by atoms with van der Waals surface area (Å²) >= 11 is 0. The van der Waals surface area contributed by atoms with Crippen molar-refractivity contribution in [1.29, 1.82) is 0 Å². The van der Waals surface area contributed by atoms with E-state index in [4.69, 9.17) is 4.74 Å². The molecule has 0 radical (unpaired) electrons. The van der Waals surface area contributed by atoms with Crippen molar-refractivity contribution in [3.63, 3.8) is 0 Å². The number of rotatable bonds is 17. The van der Waals surface area contributed by atoms with Crippen LogP contribution in [0.5, 0.6) is 0 Å². The number of halogens is 5. The third-order valence-corrected chi connectivity index (χ3v) is 14.5. The van der Waals surface area contributed by atoms with E-state index in [0.717, 1.165) is 83.5 Å². The number of hydrogen-bond donors (Lipinski definition) is 1. The first-order valence-corrected chi connectivity index (χ1v) is 19.8. The normalized spacial score (nSPS) is 35.1. The molecular formula is C35H57F5O5S. The van der Waals surface area contributed by atoms with Gasteiger partial charge in [0.15, 0.2) is 0 Å². The molecule has 0 aliphatic heterocycles. The minimum atomic E-state index is -5.65. The zero-order valence-electron chi connectivity index (χ0n) is 27.9. The first kappa shape index (κ1) is 38.0. The van der Waals surface area contributed by atoms with E-state index in [1.54, 1.807) is 0 Å². The van der Waals surface area contributed by atoms with Gasteiger partial charge in [0.05, 0.1) is 23.7 Å². The Morgan fingerprint density at radius 3 is 2.09 bits per heavy atom. The molecule has 5 nitrogen and oxygen atoms in total. The highest BCUT2D eigenvalue weighted by molar-refractivity contribution is 7.91. The quantitative estimate of drug-likeness (QED) is 0.122. The van der Waals surface area contributed by atoms with Gasteiger partial charge in [0, 0.05) is 25.9 Å². The number of unbranched alkanes of at least 4 members (excludes halogenated alkanes) is 8. The monoisotopic (exact) mass is 684 g/mol. The Hall–Kier alpha value is -0.810. The van der Waals surface area contributed by atoms with Crippen LogP contribution in [0.1, 0.15) is 136 Å². The predicted molar refractivity (Wildman–Crippen MR) is 168 cm³/mol. The summed E-state index contributed by atoms with van der Waals surface area (Å²) in [4.78, 5) is 12.3. The van der Waals surface area contributed by atoms with Crippen LogP contribution in [0.3, 0.4) is 0 Å². The van der Waals surface area contributed by atoms with Gasteiger partial charge in [-0.2, -0.15) is 22.0 Å². The Bertz CT molecular complexity index is 1110. The molecule has 46 heavy (non-hydrogen) atoms. The zero-order valence-corrected chi connectivity index (χ0v) is 28.7. The van der Waals surface area contributed by atoms with Gasteiger partial charge in [0.2, 0.25) is 0 Å². The molecule has 0 aromatic rings. The van der Waals surface area contributed by atoms with Gasteiger partial charge in [-0.05, 0) is 92.3 Å². The molecule has 268 valence electrons. The first-order valence-electron chi connectivity index (χ1n) is 18.0. The minimum Gasteiger partial charge on any atom is -0.393 e. The maximum atomic E-state index is 13.0. The van der Waals surface area contributed by atoms with E-state index < -0.39 is 40.5 Å². The van der Waals surface area contributed by atoms with Crippen LogP contribution in [-0.2, 0) is 19.4 Å². The number of aliphatic hydroxyl groups excluding tert-OH is 1. The van der Waals surface area contributed by atoms with Crippen LogP contribution in [0.2, 0.25) is 0 Å². The van der Waals surface area contributed by atoms with Gasteiger partial charge in [0.25, 0.3) is 0 Å². The molecule has 0 aromatic heterocycles. The number of carbonyl (C=O) groups excluding carboxylic acids is 1. The summed E-state index contributed by atoms with van der Waals surface area (Å²) in [6.45, 7) is 5.43. The lowest BCUT2D eigenvalue weighted by atomic mass is 9.44. The Kier molecular flexibility index (Phi) is 12.7. The van der Waals surface area contributed by atoms with Crippen LogP contribution in [0.4, 0.5) is 22.0 Å². The number of hydrogen-bond acceptors (Lipinski definition) is 5. The summed E-state index contributed by atoms with van der Waals surface area (Å²) in [5.74, 6) is -3.25. The Labute approximate surface area is 273 Å². The summed E-state index contributed by atoms with van der Waals surface area (Å²) in [6, 6.07) is 0. The summed E-state index contributed by atoms with van der Waals surface area (Å²) in [7, 11) is -3.64. The molecule has 11 heteroatoms. The second-order valence-electron chi connectivity index (χ2n) is 15.7. The molecule has 0 aromatic carbocycles. The van der Waals surface area contributed by atoms with Crippen LogP contribution in [0, 0.1) is 34.5 Å². The van der Waals surface area contributed by atoms with Gasteiger partial charge >= 0.3 is 12.1 Å². The highest BCUT2D eigenvalue weighted by atomic mass is 32.2. The van der Waals surface area contributed by atoms with E-state index in [1.807, 2.05) is 0 Å². The molecule has 0 heterocycles. The number of carbonyl (C=O) groups is 1. The second kappa shape index (κ2) is 15.4. The molecule has 8 atom stereocenters. The van der Waals surface area contributed by atoms with Crippen LogP contribution < -0.4 is 0 Å². The van der Waals surface area contributed by atoms with E-state index in [1.165, 1.54) is 0 Å². The molecule has 0 amide bonds.